The van der Waals surface area contributed by atoms with Crippen LogP contribution in [-0.4, -0.2) is 66.5 Å². The van der Waals surface area contributed by atoms with Crippen molar-refractivity contribution >= 4 is 29.0 Å². The topological polar surface area (TPSA) is 75.9 Å². The van der Waals surface area contributed by atoms with Gasteiger partial charge in [0.15, 0.2) is 0 Å². The highest BCUT2D eigenvalue weighted by Crippen LogP contribution is 2.00. The summed E-state index contributed by atoms with van der Waals surface area (Å²) in [7, 11) is 1.67. The van der Waals surface area contributed by atoms with Crippen molar-refractivity contribution in [2.45, 2.75) is 6.42 Å². The number of thiocarbonyl (C=S) groups is 1. The van der Waals surface area contributed by atoms with Crippen LogP contribution in [-0.2, 0) is 14.3 Å². The summed E-state index contributed by atoms with van der Waals surface area (Å²) < 4.78 is 4.98. The molecule has 1 aliphatic rings. The van der Waals surface area contributed by atoms with Gasteiger partial charge in [-0.3, -0.25) is 9.59 Å². The largest absolute Gasteiger partial charge is 0.393 e. The Balaban J connectivity index is 2.36. The Morgan fingerprint density at radius 3 is 2.94 bits per heavy atom. The fourth-order valence-corrected chi connectivity index (χ4v) is 1.50. The summed E-state index contributed by atoms with van der Waals surface area (Å²) in [4.78, 5) is 26.6. The van der Waals surface area contributed by atoms with Crippen LogP contribution in [0.2, 0.25) is 0 Å². The Bertz CT molecular complexity index is 322. The van der Waals surface area contributed by atoms with Crippen molar-refractivity contribution < 1.29 is 14.3 Å². The molecular weight excluding hydrogens is 242 g/mol. The molecule has 0 atom stereocenters. The van der Waals surface area contributed by atoms with Crippen LogP contribution in [0, 0.1) is 0 Å². The number of nitrogens with zero attached hydrogens (tertiary/aromatic N) is 2. The quantitative estimate of drug-likeness (QED) is 0.640. The number of nitrogens with two attached hydrogens (primary N) is 1. The number of hydrogen-bond donors (Lipinski definition) is 1. The van der Waals surface area contributed by atoms with Crippen molar-refractivity contribution in [1.29, 1.82) is 0 Å². The molecule has 0 unspecified atom stereocenters. The van der Waals surface area contributed by atoms with Crippen molar-refractivity contribution in [3.63, 3.8) is 0 Å². The molecule has 0 aromatic carbocycles. The maximum Gasteiger partial charge on any atom is 0.249 e. The van der Waals surface area contributed by atoms with E-state index in [9.17, 15) is 9.59 Å². The van der Waals surface area contributed by atoms with Gasteiger partial charge < -0.3 is 20.3 Å². The highest BCUT2D eigenvalue weighted by atomic mass is 32.1. The fraction of sp³-hybridized carbons (Fsp3) is 0.700. The highest BCUT2D eigenvalue weighted by molar-refractivity contribution is 7.80. The molecule has 96 valence electrons. The van der Waals surface area contributed by atoms with E-state index < -0.39 is 0 Å². The first kappa shape index (κ1) is 13.9. The van der Waals surface area contributed by atoms with Crippen molar-refractivity contribution in [3.05, 3.63) is 0 Å². The van der Waals surface area contributed by atoms with E-state index >= 15 is 0 Å². The standard InChI is InChI=1S/C10H17N3O3S/c1-12(3-2-8(11)17)9(14)6-13-4-5-16-7-10(13)15/h2-7H2,1H3,(H2,11,17). The molecule has 7 heteroatoms. The maximum absolute atomic E-state index is 11.8. The second-order valence-corrected chi connectivity index (χ2v) is 4.42. The summed E-state index contributed by atoms with van der Waals surface area (Å²) in [6, 6.07) is 0. The van der Waals surface area contributed by atoms with Crippen molar-refractivity contribution in [1.82, 2.24) is 9.80 Å². The van der Waals surface area contributed by atoms with E-state index in [0.717, 1.165) is 0 Å². The van der Waals surface area contributed by atoms with E-state index in [4.69, 9.17) is 22.7 Å². The summed E-state index contributed by atoms with van der Waals surface area (Å²) in [6.45, 7) is 1.58. The van der Waals surface area contributed by atoms with Crippen LogP contribution in [0.25, 0.3) is 0 Å². The summed E-state index contributed by atoms with van der Waals surface area (Å²) in [5.74, 6) is -0.260. The smallest absolute Gasteiger partial charge is 0.249 e. The SMILES string of the molecule is CN(CCC(N)=S)C(=O)CN1CCOCC1=O. The van der Waals surface area contributed by atoms with Crippen LogP contribution < -0.4 is 5.73 Å². The van der Waals surface area contributed by atoms with Crippen LogP contribution in [0.3, 0.4) is 0 Å². The van der Waals surface area contributed by atoms with Gasteiger partial charge in [-0.05, 0) is 0 Å². The first-order valence-electron chi connectivity index (χ1n) is 5.38. The van der Waals surface area contributed by atoms with E-state index in [0.29, 0.717) is 31.1 Å². The molecule has 0 spiro atoms. The van der Waals surface area contributed by atoms with Gasteiger partial charge in [0, 0.05) is 26.6 Å². The lowest BCUT2D eigenvalue weighted by Crippen LogP contribution is -2.47. The Labute approximate surface area is 106 Å². The number of rotatable bonds is 5. The van der Waals surface area contributed by atoms with Crippen molar-refractivity contribution in [2.75, 3.05) is 39.9 Å². The van der Waals surface area contributed by atoms with Gasteiger partial charge >= 0.3 is 0 Å². The van der Waals surface area contributed by atoms with Gasteiger partial charge in [0.25, 0.3) is 0 Å². The predicted molar refractivity (Wildman–Crippen MR) is 66.4 cm³/mol. The molecule has 0 saturated carbocycles. The molecule has 0 aromatic heterocycles. The Hall–Kier alpha value is -1.21. The molecule has 2 N–H and O–H groups in total. The summed E-state index contributed by atoms with van der Waals surface area (Å²) in [5, 5.41) is 0. The molecule has 1 saturated heterocycles. The normalized spacial score (nSPS) is 15.8. The van der Waals surface area contributed by atoms with Crippen molar-refractivity contribution in [2.24, 2.45) is 5.73 Å². The number of amides is 2. The number of morpholine rings is 1. The van der Waals surface area contributed by atoms with Gasteiger partial charge in [-0.15, -0.1) is 0 Å². The van der Waals surface area contributed by atoms with Crippen LogP contribution in [0.15, 0.2) is 0 Å². The summed E-state index contributed by atoms with van der Waals surface area (Å²) in [5.41, 5.74) is 5.36. The Morgan fingerprint density at radius 1 is 1.65 bits per heavy atom. The molecule has 1 aliphatic heterocycles. The lowest BCUT2D eigenvalue weighted by atomic mass is 10.3. The molecule has 1 fully saturated rings. The zero-order valence-electron chi connectivity index (χ0n) is 9.85. The molecule has 0 radical (unpaired) electrons. The molecule has 2 amide bonds. The minimum absolute atomic E-state index is 0.0594. The van der Waals surface area contributed by atoms with Gasteiger partial charge in [0.05, 0.1) is 18.1 Å². The number of carbonyl (C=O) groups excluding carboxylic acids is 2. The maximum atomic E-state index is 11.8. The summed E-state index contributed by atoms with van der Waals surface area (Å²) >= 11 is 4.74. The Kier molecular flexibility index (Phi) is 5.30. The third-order valence-corrected chi connectivity index (χ3v) is 2.73. The first-order valence-corrected chi connectivity index (χ1v) is 5.79. The molecule has 0 aliphatic carbocycles. The number of ether oxygens (including phenoxy) is 1. The molecule has 1 rings (SSSR count). The minimum Gasteiger partial charge on any atom is -0.393 e. The fourth-order valence-electron chi connectivity index (χ4n) is 1.40. The van der Waals surface area contributed by atoms with Crippen LogP contribution in [0.1, 0.15) is 6.42 Å². The second kappa shape index (κ2) is 6.51. The van der Waals surface area contributed by atoms with E-state index in [1.807, 2.05) is 0 Å². The third kappa shape index (κ3) is 4.66. The van der Waals surface area contributed by atoms with Gasteiger partial charge in [-0.1, -0.05) is 12.2 Å². The molecule has 17 heavy (non-hydrogen) atoms. The minimum atomic E-state index is -0.146. The van der Waals surface area contributed by atoms with Gasteiger partial charge in [0.2, 0.25) is 11.8 Å². The molecule has 0 bridgehead atoms. The first-order chi connectivity index (χ1) is 8.00. The van der Waals surface area contributed by atoms with Crippen LogP contribution in [0.4, 0.5) is 0 Å². The molecule has 0 aromatic rings. The molecule has 6 nitrogen and oxygen atoms in total. The number of hydrogen-bond acceptors (Lipinski definition) is 4. The van der Waals surface area contributed by atoms with E-state index in [2.05, 4.69) is 0 Å². The number of carbonyl (C=O) groups is 2. The lowest BCUT2D eigenvalue weighted by Gasteiger charge is -2.28. The predicted octanol–water partition coefficient (Wildman–Crippen LogP) is -1.02. The second-order valence-electron chi connectivity index (χ2n) is 3.90. The zero-order chi connectivity index (χ0) is 12.8. The van der Waals surface area contributed by atoms with Gasteiger partial charge in [-0.25, -0.2) is 0 Å². The van der Waals surface area contributed by atoms with Crippen molar-refractivity contribution in [3.8, 4) is 0 Å². The van der Waals surface area contributed by atoms with Crippen LogP contribution in [0.5, 0.6) is 0 Å². The Morgan fingerprint density at radius 2 is 2.35 bits per heavy atom. The van der Waals surface area contributed by atoms with Gasteiger partial charge in [0.1, 0.15) is 6.61 Å². The average molecular weight is 259 g/mol. The third-order valence-electron chi connectivity index (χ3n) is 2.53. The van der Waals surface area contributed by atoms with E-state index in [-0.39, 0.29) is 25.0 Å². The molecular formula is C10H17N3O3S. The highest BCUT2D eigenvalue weighted by Gasteiger charge is 2.22. The monoisotopic (exact) mass is 259 g/mol. The van der Waals surface area contributed by atoms with Gasteiger partial charge in [-0.2, -0.15) is 0 Å². The van der Waals surface area contributed by atoms with Crippen LogP contribution >= 0.6 is 12.2 Å². The lowest BCUT2D eigenvalue weighted by molar-refractivity contribution is -0.148. The summed E-state index contributed by atoms with van der Waals surface area (Å²) in [6.07, 6.45) is 0.495. The zero-order valence-corrected chi connectivity index (χ0v) is 10.7. The van der Waals surface area contributed by atoms with E-state index in [1.165, 1.54) is 9.80 Å². The average Bonchev–Trinajstić information content (AvgIpc) is 2.28. The number of likely N-dealkylation sites (N-methyl/N-ethyl adjacent to an activating group) is 1. The van der Waals surface area contributed by atoms with E-state index in [1.54, 1.807) is 7.05 Å². The molecule has 1 heterocycles.